The van der Waals surface area contributed by atoms with Gasteiger partial charge in [0.1, 0.15) is 5.75 Å². The zero-order chi connectivity index (χ0) is 19.3. The summed E-state index contributed by atoms with van der Waals surface area (Å²) in [5.74, 6) is 0.745. The van der Waals surface area contributed by atoms with Crippen LogP contribution in [0.1, 0.15) is 5.56 Å². The van der Waals surface area contributed by atoms with E-state index >= 15 is 0 Å². The van der Waals surface area contributed by atoms with Crippen LogP contribution in [0.4, 0.5) is 0 Å². The van der Waals surface area contributed by atoms with Gasteiger partial charge in [0.25, 0.3) is 5.91 Å². The largest absolute Gasteiger partial charge is 0.483 e. The minimum atomic E-state index is 0.0411. The highest BCUT2D eigenvalue weighted by Gasteiger charge is 2.21. The minimum absolute atomic E-state index is 0.0411. The first kappa shape index (κ1) is 19.0. The summed E-state index contributed by atoms with van der Waals surface area (Å²) in [6.45, 7) is 4.27. The standard InChI is InChI=1S/C23H23BrN2O2/c24-23-20-9-5-4-8-19(20)10-11-21(23)28-17-22(27)26-14-12-25(13-15-26)16-18-6-2-1-3-7-18/h1-11H,12-17H2. The molecule has 4 nitrogen and oxygen atoms in total. The Hall–Kier alpha value is -2.37. The Morgan fingerprint density at radius 1 is 0.893 bits per heavy atom. The number of benzene rings is 3. The molecule has 0 N–H and O–H groups in total. The fraction of sp³-hybridized carbons (Fsp3) is 0.261. The molecule has 3 aromatic carbocycles. The van der Waals surface area contributed by atoms with E-state index in [0.717, 1.165) is 48.0 Å². The molecule has 4 rings (SSSR count). The number of hydrogen-bond donors (Lipinski definition) is 0. The molecule has 1 heterocycles. The second-order valence-electron chi connectivity index (χ2n) is 7.03. The number of hydrogen-bond acceptors (Lipinski definition) is 3. The molecule has 5 heteroatoms. The number of piperazine rings is 1. The molecule has 0 aliphatic carbocycles. The Balaban J connectivity index is 1.30. The third-order valence-corrected chi connectivity index (χ3v) is 5.97. The lowest BCUT2D eigenvalue weighted by Crippen LogP contribution is -2.49. The number of halogens is 1. The van der Waals surface area contributed by atoms with E-state index in [2.05, 4.69) is 51.2 Å². The summed E-state index contributed by atoms with van der Waals surface area (Å²) in [7, 11) is 0. The summed E-state index contributed by atoms with van der Waals surface area (Å²) in [4.78, 5) is 16.9. The van der Waals surface area contributed by atoms with Crippen molar-refractivity contribution in [2.75, 3.05) is 32.8 Å². The van der Waals surface area contributed by atoms with Gasteiger partial charge in [0, 0.05) is 32.7 Å². The average molecular weight is 439 g/mol. The molecule has 1 aliphatic rings. The van der Waals surface area contributed by atoms with Crippen LogP contribution in [0, 0.1) is 0 Å². The van der Waals surface area contributed by atoms with Crippen LogP contribution in [0.3, 0.4) is 0 Å². The van der Waals surface area contributed by atoms with E-state index in [0.29, 0.717) is 5.75 Å². The number of amides is 1. The van der Waals surface area contributed by atoms with E-state index in [9.17, 15) is 4.79 Å². The van der Waals surface area contributed by atoms with Crippen LogP contribution in [-0.2, 0) is 11.3 Å². The molecule has 1 aliphatic heterocycles. The van der Waals surface area contributed by atoms with Gasteiger partial charge in [-0.25, -0.2) is 0 Å². The topological polar surface area (TPSA) is 32.8 Å². The molecule has 0 atom stereocenters. The van der Waals surface area contributed by atoms with Gasteiger partial charge in [-0.05, 0) is 38.3 Å². The second-order valence-corrected chi connectivity index (χ2v) is 7.82. The Bertz CT molecular complexity index is 953. The summed E-state index contributed by atoms with van der Waals surface area (Å²) in [6.07, 6.45) is 0. The molecule has 1 amide bonds. The van der Waals surface area contributed by atoms with Gasteiger partial charge in [-0.1, -0.05) is 60.7 Å². The molecule has 0 spiro atoms. The van der Waals surface area contributed by atoms with Crippen LogP contribution in [0.15, 0.2) is 71.2 Å². The van der Waals surface area contributed by atoms with Crippen LogP contribution in [-0.4, -0.2) is 48.5 Å². The lowest BCUT2D eigenvalue weighted by atomic mass is 10.1. The van der Waals surface area contributed by atoms with Crippen molar-refractivity contribution in [2.45, 2.75) is 6.54 Å². The molecule has 0 unspecified atom stereocenters. The Morgan fingerprint density at radius 2 is 1.61 bits per heavy atom. The molecule has 144 valence electrons. The number of ether oxygens (including phenoxy) is 1. The first-order chi connectivity index (χ1) is 13.7. The minimum Gasteiger partial charge on any atom is -0.483 e. The summed E-state index contributed by atoms with van der Waals surface area (Å²) in [5, 5.41) is 2.23. The SMILES string of the molecule is O=C(COc1ccc2ccccc2c1Br)N1CCN(Cc2ccccc2)CC1. The summed E-state index contributed by atoms with van der Waals surface area (Å²) < 4.78 is 6.73. The maximum atomic E-state index is 12.6. The number of rotatable bonds is 5. The van der Waals surface area contributed by atoms with Gasteiger partial charge in [-0.2, -0.15) is 0 Å². The summed E-state index contributed by atoms with van der Waals surface area (Å²) in [6, 6.07) is 22.5. The predicted molar refractivity (Wildman–Crippen MR) is 115 cm³/mol. The average Bonchev–Trinajstić information content (AvgIpc) is 2.74. The number of carbonyl (C=O) groups excluding carboxylic acids is 1. The first-order valence-electron chi connectivity index (χ1n) is 9.55. The quantitative estimate of drug-likeness (QED) is 0.594. The van der Waals surface area contributed by atoms with Gasteiger partial charge in [-0.3, -0.25) is 9.69 Å². The number of nitrogens with zero attached hydrogens (tertiary/aromatic N) is 2. The lowest BCUT2D eigenvalue weighted by Gasteiger charge is -2.34. The van der Waals surface area contributed by atoms with Gasteiger partial charge in [-0.15, -0.1) is 0 Å². The maximum absolute atomic E-state index is 12.6. The highest BCUT2D eigenvalue weighted by Crippen LogP contribution is 2.33. The molecule has 0 saturated carbocycles. The van der Waals surface area contributed by atoms with Gasteiger partial charge < -0.3 is 9.64 Å². The molecule has 1 saturated heterocycles. The van der Waals surface area contributed by atoms with Crippen LogP contribution in [0.5, 0.6) is 5.75 Å². The third-order valence-electron chi connectivity index (χ3n) is 5.15. The van der Waals surface area contributed by atoms with Crippen molar-refractivity contribution < 1.29 is 9.53 Å². The number of carbonyl (C=O) groups is 1. The van der Waals surface area contributed by atoms with E-state index in [4.69, 9.17) is 4.74 Å². The molecular weight excluding hydrogens is 416 g/mol. The van der Waals surface area contributed by atoms with Crippen LogP contribution in [0.2, 0.25) is 0 Å². The molecular formula is C23H23BrN2O2. The highest BCUT2D eigenvalue weighted by molar-refractivity contribution is 9.10. The molecule has 0 bridgehead atoms. The second kappa shape index (κ2) is 8.76. The molecule has 1 fully saturated rings. The van der Waals surface area contributed by atoms with Gasteiger partial charge >= 0.3 is 0 Å². The van der Waals surface area contributed by atoms with Crippen LogP contribution < -0.4 is 4.74 Å². The smallest absolute Gasteiger partial charge is 0.260 e. The van der Waals surface area contributed by atoms with E-state index in [-0.39, 0.29) is 12.5 Å². The van der Waals surface area contributed by atoms with Crippen molar-refractivity contribution in [1.29, 1.82) is 0 Å². The monoisotopic (exact) mass is 438 g/mol. The van der Waals surface area contributed by atoms with E-state index in [1.54, 1.807) is 0 Å². The van der Waals surface area contributed by atoms with Crippen molar-refractivity contribution in [1.82, 2.24) is 9.80 Å². The maximum Gasteiger partial charge on any atom is 0.260 e. The van der Waals surface area contributed by atoms with Crippen LogP contribution in [0.25, 0.3) is 10.8 Å². The van der Waals surface area contributed by atoms with Crippen molar-refractivity contribution >= 4 is 32.6 Å². The van der Waals surface area contributed by atoms with Gasteiger partial charge in [0.15, 0.2) is 6.61 Å². The third kappa shape index (κ3) is 4.37. The number of fused-ring (bicyclic) bond motifs is 1. The Kier molecular flexibility index (Phi) is 5.93. The Labute approximate surface area is 173 Å². The van der Waals surface area contributed by atoms with Crippen molar-refractivity contribution in [2.24, 2.45) is 0 Å². The van der Waals surface area contributed by atoms with E-state index in [1.807, 2.05) is 41.3 Å². The summed E-state index contributed by atoms with van der Waals surface area (Å²) in [5.41, 5.74) is 1.31. The van der Waals surface area contributed by atoms with Gasteiger partial charge in [0.05, 0.1) is 4.47 Å². The molecule has 28 heavy (non-hydrogen) atoms. The Morgan fingerprint density at radius 3 is 2.39 bits per heavy atom. The van der Waals surface area contributed by atoms with Gasteiger partial charge in [0.2, 0.25) is 0 Å². The van der Waals surface area contributed by atoms with E-state index in [1.165, 1.54) is 5.56 Å². The molecule has 3 aromatic rings. The van der Waals surface area contributed by atoms with Crippen molar-refractivity contribution in [3.63, 3.8) is 0 Å². The van der Waals surface area contributed by atoms with Crippen molar-refractivity contribution in [3.05, 3.63) is 76.8 Å². The van der Waals surface area contributed by atoms with E-state index < -0.39 is 0 Å². The highest BCUT2D eigenvalue weighted by atomic mass is 79.9. The predicted octanol–water partition coefficient (Wildman–Crippen LogP) is 4.33. The normalized spacial score (nSPS) is 15.0. The zero-order valence-corrected chi connectivity index (χ0v) is 17.3. The van der Waals surface area contributed by atoms with Crippen LogP contribution >= 0.6 is 15.9 Å². The first-order valence-corrected chi connectivity index (χ1v) is 10.3. The zero-order valence-electron chi connectivity index (χ0n) is 15.7. The fourth-order valence-electron chi connectivity index (χ4n) is 3.55. The molecule has 0 aromatic heterocycles. The molecule has 0 radical (unpaired) electrons. The van der Waals surface area contributed by atoms with Crippen molar-refractivity contribution in [3.8, 4) is 5.75 Å². The lowest BCUT2D eigenvalue weighted by molar-refractivity contribution is -0.135. The summed E-state index contributed by atoms with van der Waals surface area (Å²) >= 11 is 3.61. The fourth-order valence-corrected chi connectivity index (χ4v) is 4.16.